The number of halogens is 2. The molecule has 0 bridgehead atoms. The molecule has 0 atom stereocenters. The van der Waals surface area contributed by atoms with Gasteiger partial charge in [-0.05, 0) is 29.8 Å². The Labute approximate surface area is 200 Å². The molecule has 35 heavy (non-hydrogen) atoms. The summed E-state index contributed by atoms with van der Waals surface area (Å²) >= 11 is 0. The predicted molar refractivity (Wildman–Crippen MR) is 128 cm³/mol. The second kappa shape index (κ2) is 9.68. The van der Waals surface area contributed by atoms with Gasteiger partial charge in [0.2, 0.25) is 5.76 Å². The van der Waals surface area contributed by atoms with Gasteiger partial charge < -0.3 is 14.6 Å². The van der Waals surface area contributed by atoms with Gasteiger partial charge in [-0.25, -0.2) is 8.78 Å². The summed E-state index contributed by atoms with van der Waals surface area (Å²) in [7, 11) is 0. The summed E-state index contributed by atoms with van der Waals surface area (Å²) in [6, 6.07) is 20.1. The van der Waals surface area contributed by atoms with Gasteiger partial charge in [-0.2, -0.15) is 0 Å². The lowest BCUT2D eigenvalue weighted by Gasteiger charge is -2.34. The molecule has 0 spiro atoms. The van der Waals surface area contributed by atoms with Crippen LogP contribution in [-0.4, -0.2) is 47.8 Å². The zero-order valence-electron chi connectivity index (χ0n) is 18.8. The molecule has 6 nitrogen and oxygen atoms in total. The third-order valence-corrected chi connectivity index (χ3v) is 6.13. The molecule has 1 aliphatic rings. The van der Waals surface area contributed by atoms with Crippen LogP contribution in [0.2, 0.25) is 0 Å². The minimum atomic E-state index is -0.992. The van der Waals surface area contributed by atoms with Gasteiger partial charge in [0.1, 0.15) is 28.5 Å². The number of anilines is 1. The van der Waals surface area contributed by atoms with Crippen LogP contribution < -0.4 is 5.32 Å². The van der Waals surface area contributed by atoms with Crippen molar-refractivity contribution in [2.75, 3.05) is 31.5 Å². The summed E-state index contributed by atoms with van der Waals surface area (Å²) < 4.78 is 34.2. The number of furan rings is 1. The van der Waals surface area contributed by atoms with Crippen molar-refractivity contribution < 1.29 is 22.8 Å². The fourth-order valence-corrected chi connectivity index (χ4v) is 4.31. The number of rotatable bonds is 5. The highest BCUT2D eigenvalue weighted by Gasteiger charge is 2.30. The minimum absolute atomic E-state index is 0.0622. The van der Waals surface area contributed by atoms with Gasteiger partial charge in [0, 0.05) is 38.1 Å². The Morgan fingerprint density at radius 3 is 2.20 bits per heavy atom. The lowest BCUT2D eigenvalue weighted by Crippen LogP contribution is -2.48. The summed E-state index contributed by atoms with van der Waals surface area (Å²) in [6.45, 7) is 3.13. The van der Waals surface area contributed by atoms with Gasteiger partial charge in [-0.15, -0.1) is 0 Å². The SMILES string of the molecule is O=C(Nc1c(C(=O)N2CCN(Cc3ccccc3)CC2)oc2ccccc12)c1c(F)cccc1F. The molecular weight excluding hydrogens is 452 g/mol. The molecule has 2 amide bonds. The second-order valence-corrected chi connectivity index (χ2v) is 8.41. The van der Waals surface area contributed by atoms with Crippen LogP contribution in [0.1, 0.15) is 26.5 Å². The highest BCUT2D eigenvalue weighted by molar-refractivity contribution is 6.14. The van der Waals surface area contributed by atoms with Crippen LogP contribution in [-0.2, 0) is 6.54 Å². The fraction of sp³-hybridized carbons (Fsp3) is 0.185. The average molecular weight is 475 g/mol. The van der Waals surface area contributed by atoms with Crippen LogP contribution >= 0.6 is 0 Å². The van der Waals surface area contributed by atoms with E-state index >= 15 is 0 Å². The van der Waals surface area contributed by atoms with Crippen molar-refractivity contribution in [2.24, 2.45) is 0 Å². The molecule has 0 unspecified atom stereocenters. The molecule has 3 aromatic carbocycles. The fourth-order valence-electron chi connectivity index (χ4n) is 4.31. The number of hydrogen-bond donors (Lipinski definition) is 1. The second-order valence-electron chi connectivity index (χ2n) is 8.41. The summed E-state index contributed by atoms with van der Waals surface area (Å²) in [5.74, 6) is -3.41. The monoisotopic (exact) mass is 475 g/mol. The maximum atomic E-state index is 14.2. The number of benzene rings is 3. The van der Waals surface area contributed by atoms with E-state index in [1.165, 1.54) is 11.6 Å². The Hall–Kier alpha value is -4.04. The van der Waals surface area contributed by atoms with Crippen molar-refractivity contribution in [2.45, 2.75) is 6.54 Å². The van der Waals surface area contributed by atoms with Crippen LogP contribution in [0, 0.1) is 11.6 Å². The first-order valence-electron chi connectivity index (χ1n) is 11.3. The minimum Gasteiger partial charge on any atom is -0.449 e. The number of para-hydroxylation sites is 1. The molecule has 0 radical (unpaired) electrons. The zero-order chi connectivity index (χ0) is 24.4. The highest BCUT2D eigenvalue weighted by Crippen LogP contribution is 2.33. The van der Waals surface area contributed by atoms with Crippen LogP contribution in [0.15, 0.2) is 77.2 Å². The van der Waals surface area contributed by atoms with E-state index < -0.39 is 23.1 Å². The number of carbonyl (C=O) groups excluding carboxylic acids is 2. The average Bonchev–Trinajstić information content (AvgIpc) is 3.23. The van der Waals surface area contributed by atoms with Crippen LogP contribution in [0.4, 0.5) is 14.5 Å². The molecule has 1 fully saturated rings. The molecule has 2 heterocycles. The molecule has 5 rings (SSSR count). The summed E-state index contributed by atoms with van der Waals surface area (Å²) in [5, 5.41) is 3.00. The lowest BCUT2D eigenvalue weighted by atomic mass is 10.1. The molecule has 4 aromatic rings. The van der Waals surface area contributed by atoms with Crippen molar-refractivity contribution >= 4 is 28.5 Å². The van der Waals surface area contributed by atoms with Crippen molar-refractivity contribution in [1.82, 2.24) is 9.80 Å². The van der Waals surface area contributed by atoms with Gasteiger partial charge >= 0.3 is 0 Å². The van der Waals surface area contributed by atoms with Crippen LogP contribution in [0.3, 0.4) is 0 Å². The number of piperazine rings is 1. The maximum Gasteiger partial charge on any atom is 0.291 e. The molecule has 8 heteroatoms. The standard InChI is InChI=1S/C27H23F2N3O3/c28-20-10-6-11-21(29)23(20)26(33)30-24-19-9-4-5-12-22(19)35-25(24)27(34)32-15-13-31(14-16-32)17-18-7-2-1-3-8-18/h1-12H,13-17H2,(H,30,33). The van der Waals surface area contributed by atoms with Crippen molar-refractivity contribution in [3.63, 3.8) is 0 Å². The van der Waals surface area contributed by atoms with Gasteiger partial charge in [-0.1, -0.05) is 48.5 Å². The summed E-state index contributed by atoms with van der Waals surface area (Å²) in [5.41, 5.74) is 0.980. The lowest BCUT2D eigenvalue weighted by molar-refractivity contribution is 0.0601. The largest absolute Gasteiger partial charge is 0.449 e. The first-order chi connectivity index (χ1) is 17.0. The van der Waals surface area contributed by atoms with E-state index in [0.717, 1.165) is 18.7 Å². The van der Waals surface area contributed by atoms with Gasteiger partial charge in [0.25, 0.3) is 11.8 Å². The third-order valence-electron chi connectivity index (χ3n) is 6.13. The molecule has 0 aliphatic carbocycles. The van der Waals surface area contributed by atoms with E-state index in [2.05, 4.69) is 22.3 Å². The van der Waals surface area contributed by atoms with Gasteiger partial charge in [0.05, 0.1) is 0 Å². The normalized spacial score (nSPS) is 14.3. The quantitative estimate of drug-likeness (QED) is 0.445. The molecule has 0 saturated carbocycles. The van der Waals surface area contributed by atoms with Crippen LogP contribution in [0.5, 0.6) is 0 Å². The highest BCUT2D eigenvalue weighted by atomic mass is 19.1. The number of carbonyl (C=O) groups is 2. The molecule has 1 saturated heterocycles. The Morgan fingerprint density at radius 2 is 1.49 bits per heavy atom. The predicted octanol–water partition coefficient (Wildman–Crippen LogP) is 4.92. The number of nitrogens with zero attached hydrogens (tertiary/aromatic N) is 2. The molecule has 178 valence electrons. The van der Waals surface area contributed by atoms with Crippen molar-refractivity contribution in [3.8, 4) is 0 Å². The van der Waals surface area contributed by atoms with Crippen molar-refractivity contribution in [3.05, 3.63) is 101 Å². The first kappa shape index (κ1) is 22.7. The number of fused-ring (bicyclic) bond motifs is 1. The topological polar surface area (TPSA) is 65.8 Å². The summed E-state index contributed by atoms with van der Waals surface area (Å²) in [6.07, 6.45) is 0. The van der Waals surface area contributed by atoms with Gasteiger partial charge in [-0.3, -0.25) is 14.5 Å². The van der Waals surface area contributed by atoms with Gasteiger partial charge in [0.15, 0.2) is 0 Å². The Kier molecular flexibility index (Phi) is 6.29. The number of amides is 2. The van der Waals surface area contributed by atoms with E-state index in [1.54, 1.807) is 29.2 Å². The summed E-state index contributed by atoms with van der Waals surface area (Å²) in [4.78, 5) is 30.2. The first-order valence-corrected chi connectivity index (χ1v) is 11.3. The van der Waals surface area contributed by atoms with E-state index in [1.807, 2.05) is 18.2 Å². The molecule has 1 aromatic heterocycles. The third kappa shape index (κ3) is 4.65. The Morgan fingerprint density at radius 1 is 0.829 bits per heavy atom. The van der Waals surface area contributed by atoms with E-state index in [9.17, 15) is 18.4 Å². The zero-order valence-corrected chi connectivity index (χ0v) is 18.8. The number of hydrogen-bond acceptors (Lipinski definition) is 4. The van der Waals surface area contributed by atoms with E-state index in [0.29, 0.717) is 37.1 Å². The number of nitrogens with one attached hydrogen (secondary N) is 1. The Balaban J connectivity index is 1.37. The molecular formula is C27H23F2N3O3. The molecule has 1 aliphatic heterocycles. The van der Waals surface area contributed by atoms with E-state index in [4.69, 9.17) is 4.42 Å². The smallest absolute Gasteiger partial charge is 0.291 e. The van der Waals surface area contributed by atoms with Crippen molar-refractivity contribution in [1.29, 1.82) is 0 Å². The Bertz CT molecular complexity index is 1360. The maximum absolute atomic E-state index is 14.2. The van der Waals surface area contributed by atoms with Crippen LogP contribution in [0.25, 0.3) is 11.0 Å². The van der Waals surface area contributed by atoms with E-state index in [-0.39, 0.29) is 17.4 Å². The molecule has 1 N–H and O–H groups in total.